The Balaban J connectivity index is 0.988. The van der Waals surface area contributed by atoms with Crippen molar-refractivity contribution < 1.29 is 28.6 Å². The van der Waals surface area contributed by atoms with Crippen molar-refractivity contribution in [3.63, 3.8) is 0 Å². The van der Waals surface area contributed by atoms with Crippen molar-refractivity contribution in [2.45, 2.75) is 31.6 Å². The molecule has 1 aromatic carbocycles. The van der Waals surface area contributed by atoms with Crippen LogP contribution >= 0.6 is 24.0 Å². The molecule has 3 aliphatic rings. The molecule has 2 atom stereocenters. The maximum absolute atomic E-state index is 12.9. The van der Waals surface area contributed by atoms with E-state index in [1.165, 1.54) is 34.0 Å². The third-order valence-electron chi connectivity index (χ3n) is 7.73. The van der Waals surface area contributed by atoms with Crippen LogP contribution < -0.4 is 20.4 Å². The monoisotopic (exact) mass is 652 g/mol. The van der Waals surface area contributed by atoms with Gasteiger partial charge in [0.05, 0.1) is 25.1 Å². The summed E-state index contributed by atoms with van der Waals surface area (Å²) in [6.45, 7) is 5.09. The van der Waals surface area contributed by atoms with Gasteiger partial charge in [0, 0.05) is 50.1 Å². The summed E-state index contributed by atoms with van der Waals surface area (Å²) in [5, 5.41) is 20.1. The number of para-hydroxylation sites is 1. The molecule has 16 heteroatoms. The van der Waals surface area contributed by atoms with E-state index in [0.29, 0.717) is 17.2 Å². The summed E-state index contributed by atoms with van der Waals surface area (Å²) < 4.78 is 12.0. The van der Waals surface area contributed by atoms with Crippen molar-refractivity contribution in [2.24, 2.45) is 0 Å². The van der Waals surface area contributed by atoms with Gasteiger partial charge in [0.25, 0.3) is 4.84 Å². The molecule has 0 saturated carbocycles. The van der Waals surface area contributed by atoms with Gasteiger partial charge in [-0.15, -0.1) is 16.9 Å². The molecule has 236 valence electrons. The van der Waals surface area contributed by atoms with Crippen LogP contribution in [0.15, 0.2) is 64.3 Å². The number of fused-ring (bicyclic) bond motifs is 1. The number of nitrogens with zero attached hydrogens (tertiary/aromatic N) is 6. The summed E-state index contributed by atoms with van der Waals surface area (Å²) in [5.74, 6) is -0.545. The highest BCUT2D eigenvalue weighted by Crippen LogP contribution is 2.40. The number of esters is 1. The molecule has 2 fully saturated rings. The molecule has 0 spiro atoms. The first-order valence-electron chi connectivity index (χ1n) is 14.4. The number of anilines is 3. The number of benzene rings is 1. The van der Waals surface area contributed by atoms with E-state index in [1.807, 2.05) is 18.2 Å². The number of hydrogen-bond donors (Lipinski definition) is 3. The highest BCUT2D eigenvalue weighted by atomic mass is 32.2. The third kappa shape index (κ3) is 6.67. The minimum absolute atomic E-state index is 0.101. The number of ether oxygens (including phenoxy) is 1. The Hall–Kier alpha value is -4.41. The SMILES string of the molecule is CC(=O)OCC1=C(C(=O)O)N2C(=O)C(NCn3nc(CNc4ccc(N5CCN(c6ccccc6)CC5)nc4)oc3=S)C2SC1. The van der Waals surface area contributed by atoms with Gasteiger partial charge in [0.2, 0.25) is 11.8 Å². The minimum Gasteiger partial charge on any atom is -0.477 e. The molecule has 0 bridgehead atoms. The standard InChI is InChI=1S/C29H32N8O6S2/c1-18(38)42-15-19-16-45-27-24(26(39)37(27)25(19)28(40)41)32-17-36-29(44)43-23(33-36)14-30-20-7-8-22(31-13-20)35-11-9-34(10-12-35)21-5-3-2-4-6-21/h2-8,13,24,27,30,32H,9-12,14-17H2,1H3,(H,40,41). The number of carboxylic acids is 1. The lowest BCUT2D eigenvalue weighted by Gasteiger charge is -2.49. The Morgan fingerprint density at radius 1 is 1.13 bits per heavy atom. The summed E-state index contributed by atoms with van der Waals surface area (Å²) in [7, 11) is 0. The number of amides is 1. The van der Waals surface area contributed by atoms with E-state index in [2.05, 4.69) is 54.8 Å². The maximum atomic E-state index is 12.9. The van der Waals surface area contributed by atoms with E-state index in [1.54, 1.807) is 6.20 Å². The summed E-state index contributed by atoms with van der Waals surface area (Å²) in [6.07, 6.45) is 1.78. The van der Waals surface area contributed by atoms with Crippen molar-refractivity contribution in [2.75, 3.05) is 53.7 Å². The average Bonchev–Trinajstić information content (AvgIpc) is 3.41. The number of carboxylic acid groups (broad SMARTS) is 1. The van der Waals surface area contributed by atoms with Gasteiger partial charge < -0.3 is 29.4 Å². The normalized spacial score (nSPS) is 19.7. The fourth-order valence-electron chi connectivity index (χ4n) is 5.43. The van der Waals surface area contributed by atoms with Crippen LogP contribution in [0.5, 0.6) is 0 Å². The Morgan fingerprint density at radius 2 is 1.89 bits per heavy atom. The molecular weight excluding hydrogens is 621 g/mol. The quantitative estimate of drug-likeness (QED) is 0.157. The first kappa shape index (κ1) is 30.6. The summed E-state index contributed by atoms with van der Waals surface area (Å²) >= 11 is 6.71. The number of pyridine rings is 1. The Bertz CT molecular complexity index is 1650. The Kier molecular flexibility index (Phi) is 9.04. The number of aromatic nitrogens is 3. The molecule has 6 rings (SSSR count). The first-order chi connectivity index (χ1) is 21.8. The smallest absolute Gasteiger partial charge is 0.352 e. The molecule has 5 heterocycles. The van der Waals surface area contributed by atoms with Gasteiger partial charge in [-0.2, -0.15) is 0 Å². The van der Waals surface area contributed by atoms with E-state index < -0.39 is 29.3 Å². The summed E-state index contributed by atoms with van der Waals surface area (Å²) in [5.41, 5.74) is 2.29. The number of carbonyl (C=O) groups is 3. The van der Waals surface area contributed by atoms with Gasteiger partial charge in [-0.25, -0.2) is 14.5 Å². The number of nitrogens with one attached hydrogen (secondary N) is 2. The van der Waals surface area contributed by atoms with Crippen molar-refractivity contribution in [1.82, 2.24) is 25.0 Å². The number of hydrogen-bond acceptors (Lipinski definition) is 13. The molecule has 0 aliphatic carbocycles. The zero-order valence-corrected chi connectivity index (χ0v) is 26.1. The third-order valence-corrected chi connectivity index (χ3v) is 9.36. The average molecular weight is 653 g/mol. The van der Waals surface area contributed by atoms with Gasteiger partial charge in [-0.05, 0) is 36.5 Å². The molecule has 3 aromatic rings. The van der Waals surface area contributed by atoms with Crippen LogP contribution in [0.3, 0.4) is 0 Å². The number of carbonyl (C=O) groups excluding carboxylic acids is 2. The largest absolute Gasteiger partial charge is 0.477 e. The highest BCUT2D eigenvalue weighted by molar-refractivity contribution is 8.00. The number of rotatable bonds is 11. The number of β-lactam (4-membered cyclic amide) rings is 1. The van der Waals surface area contributed by atoms with E-state index >= 15 is 0 Å². The predicted molar refractivity (Wildman–Crippen MR) is 169 cm³/mol. The van der Waals surface area contributed by atoms with E-state index in [4.69, 9.17) is 21.4 Å². The number of thioether (sulfide) groups is 1. The van der Waals surface area contributed by atoms with Crippen molar-refractivity contribution >= 4 is 59.0 Å². The predicted octanol–water partition coefficient (Wildman–Crippen LogP) is 2.27. The second-order valence-corrected chi connectivity index (χ2v) is 12.1. The first-order valence-corrected chi connectivity index (χ1v) is 15.8. The Morgan fingerprint density at radius 3 is 2.58 bits per heavy atom. The van der Waals surface area contributed by atoms with E-state index in [-0.39, 0.29) is 30.4 Å². The van der Waals surface area contributed by atoms with Gasteiger partial charge in [-0.3, -0.25) is 19.8 Å². The number of aliphatic carboxylic acids is 1. The maximum Gasteiger partial charge on any atom is 0.352 e. The second-order valence-electron chi connectivity index (χ2n) is 10.6. The fraction of sp³-hybridized carbons (Fsp3) is 0.379. The zero-order chi connectivity index (χ0) is 31.5. The van der Waals surface area contributed by atoms with Gasteiger partial charge in [0.1, 0.15) is 29.5 Å². The van der Waals surface area contributed by atoms with Crippen LogP contribution in [-0.4, -0.2) is 92.6 Å². The lowest BCUT2D eigenvalue weighted by Crippen LogP contribution is -2.70. The molecule has 0 radical (unpaired) electrons. The van der Waals surface area contributed by atoms with Crippen molar-refractivity contribution in [3.05, 3.63) is 70.7 Å². The van der Waals surface area contributed by atoms with E-state index in [9.17, 15) is 19.5 Å². The van der Waals surface area contributed by atoms with Gasteiger partial charge >= 0.3 is 11.9 Å². The molecule has 3 aliphatic heterocycles. The molecule has 2 saturated heterocycles. The summed E-state index contributed by atoms with van der Waals surface area (Å²) in [4.78, 5) is 46.7. The second kappa shape index (κ2) is 13.3. The highest BCUT2D eigenvalue weighted by Gasteiger charge is 2.53. The van der Waals surface area contributed by atoms with Crippen LogP contribution in [0.4, 0.5) is 17.2 Å². The van der Waals surface area contributed by atoms with Crippen molar-refractivity contribution in [1.29, 1.82) is 0 Å². The van der Waals surface area contributed by atoms with Gasteiger partial charge in [-0.1, -0.05) is 18.2 Å². The molecular formula is C29H32N8O6S2. The topological polar surface area (TPSA) is 158 Å². The minimum atomic E-state index is -1.24. The van der Waals surface area contributed by atoms with E-state index in [0.717, 1.165) is 37.7 Å². The van der Waals surface area contributed by atoms with Crippen LogP contribution in [-0.2, 0) is 32.3 Å². The molecule has 3 N–H and O–H groups in total. The van der Waals surface area contributed by atoms with Crippen LogP contribution in [0, 0.1) is 4.84 Å². The van der Waals surface area contributed by atoms with Crippen molar-refractivity contribution in [3.8, 4) is 0 Å². The van der Waals surface area contributed by atoms with Crippen LogP contribution in [0.25, 0.3) is 0 Å². The van der Waals surface area contributed by atoms with Gasteiger partial charge in [0.15, 0.2) is 0 Å². The Labute approximate surface area is 268 Å². The number of piperazine rings is 1. The molecule has 45 heavy (non-hydrogen) atoms. The lowest BCUT2D eigenvalue weighted by atomic mass is 10.0. The molecule has 1 amide bonds. The van der Waals surface area contributed by atoms with Crippen LogP contribution in [0.1, 0.15) is 12.8 Å². The summed E-state index contributed by atoms with van der Waals surface area (Å²) in [6, 6.07) is 13.7. The van der Waals surface area contributed by atoms with Crippen LogP contribution in [0.2, 0.25) is 0 Å². The zero-order valence-electron chi connectivity index (χ0n) is 24.4. The lowest BCUT2D eigenvalue weighted by molar-refractivity contribution is -0.149. The fourth-order valence-corrected chi connectivity index (χ4v) is 6.99. The molecule has 2 unspecified atom stereocenters. The molecule has 14 nitrogen and oxygen atoms in total. The molecule has 2 aromatic heterocycles.